The highest BCUT2D eigenvalue weighted by Crippen LogP contribution is 2.37. The topological polar surface area (TPSA) is 95.7 Å². The number of benzene rings is 1. The molecular formula is C22H28N4O5. The van der Waals surface area contributed by atoms with Crippen LogP contribution < -0.4 is 5.69 Å². The molecule has 1 atom stereocenters. The molecule has 166 valence electrons. The van der Waals surface area contributed by atoms with Crippen LogP contribution in [0.2, 0.25) is 0 Å². The van der Waals surface area contributed by atoms with E-state index >= 15 is 0 Å². The molecular weight excluding hydrogens is 400 g/mol. The van der Waals surface area contributed by atoms with Gasteiger partial charge in [-0.2, -0.15) is 5.10 Å². The average Bonchev–Trinajstić information content (AvgIpc) is 3.59. The quantitative estimate of drug-likeness (QED) is 0.625. The molecule has 2 heterocycles. The maximum atomic E-state index is 13.1. The zero-order valence-corrected chi connectivity index (χ0v) is 18.0. The highest BCUT2D eigenvalue weighted by molar-refractivity contribution is 5.96. The molecule has 2 aromatic rings. The molecule has 9 nitrogen and oxygen atoms in total. The lowest BCUT2D eigenvalue weighted by Crippen LogP contribution is -2.40. The predicted octanol–water partition coefficient (Wildman–Crippen LogP) is 1.83. The van der Waals surface area contributed by atoms with Gasteiger partial charge in [0.1, 0.15) is 5.82 Å². The maximum Gasteiger partial charge on any atom is 0.346 e. The summed E-state index contributed by atoms with van der Waals surface area (Å²) in [7, 11) is 2.93. The molecule has 0 radical (unpaired) electrons. The number of hydrogen-bond donors (Lipinski definition) is 0. The van der Waals surface area contributed by atoms with E-state index in [1.54, 1.807) is 31.4 Å². The monoisotopic (exact) mass is 428 g/mol. The fourth-order valence-electron chi connectivity index (χ4n) is 4.14. The first-order chi connectivity index (χ1) is 15.0. The number of nitrogens with zero attached hydrogens (tertiary/aromatic N) is 4. The van der Waals surface area contributed by atoms with Crippen LogP contribution in [0.25, 0.3) is 0 Å². The van der Waals surface area contributed by atoms with E-state index in [4.69, 9.17) is 9.47 Å². The fourth-order valence-corrected chi connectivity index (χ4v) is 4.14. The first-order valence-corrected chi connectivity index (χ1v) is 10.7. The Morgan fingerprint density at radius 2 is 1.81 bits per heavy atom. The lowest BCUT2D eigenvalue weighted by atomic mass is 9.96. The second-order valence-corrected chi connectivity index (χ2v) is 8.12. The molecule has 2 fully saturated rings. The molecule has 1 amide bonds. The van der Waals surface area contributed by atoms with Crippen LogP contribution in [-0.2, 0) is 16.0 Å². The van der Waals surface area contributed by atoms with Crippen LogP contribution in [0, 0.1) is 0 Å². The Bertz CT molecular complexity index is 1010. The van der Waals surface area contributed by atoms with Gasteiger partial charge in [-0.1, -0.05) is 0 Å². The minimum absolute atomic E-state index is 0.0177. The first kappa shape index (κ1) is 21.3. The minimum Gasteiger partial charge on any atom is -0.465 e. The van der Waals surface area contributed by atoms with Crippen molar-refractivity contribution in [3.8, 4) is 0 Å². The Labute approximate surface area is 180 Å². The molecule has 1 saturated carbocycles. The van der Waals surface area contributed by atoms with Gasteiger partial charge in [0.05, 0.1) is 25.8 Å². The van der Waals surface area contributed by atoms with Gasteiger partial charge in [-0.3, -0.25) is 9.36 Å². The van der Waals surface area contributed by atoms with E-state index in [-0.39, 0.29) is 23.6 Å². The molecule has 2 aliphatic rings. The zero-order valence-electron chi connectivity index (χ0n) is 18.0. The van der Waals surface area contributed by atoms with Gasteiger partial charge in [0, 0.05) is 37.7 Å². The lowest BCUT2D eigenvalue weighted by Gasteiger charge is -2.32. The Morgan fingerprint density at radius 1 is 1.10 bits per heavy atom. The molecule has 0 bridgehead atoms. The molecule has 31 heavy (non-hydrogen) atoms. The lowest BCUT2D eigenvalue weighted by molar-refractivity contribution is 0.0599. The van der Waals surface area contributed by atoms with Crippen molar-refractivity contribution in [1.29, 1.82) is 0 Å². The summed E-state index contributed by atoms with van der Waals surface area (Å²) in [5, 5.41) is 4.64. The SMILES string of the molecule is COCCn1nc(C2CCCN(C(=O)c3ccc(C(=O)OC)cc3)C2)n(C2CC2)c1=O. The van der Waals surface area contributed by atoms with E-state index < -0.39 is 5.97 Å². The number of esters is 1. The number of aromatic nitrogens is 3. The Morgan fingerprint density at radius 3 is 2.45 bits per heavy atom. The van der Waals surface area contributed by atoms with E-state index in [9.17, 15) is 14.4 Å². The summed E-state index contributed by atoms with van der Waals surface area (Å²) < 4.78 is 13.1. The number of methoxy groups -OCH3 is 2. The van der Waals surface area contributed by atoms with E-state index in [2.05, 4.69) is 5.10 Å². The molecule has 0 N–H and O–H groups in total. The van der Waals surface area contributed by atoms with Crippen LogP contribution in [0.15, 0.2) is 29.1 Å². The predicted molar refractivity (Wildman–Crippen MR) is 112 cm³/mol. The van der Waals surface area contributed by atoms with Crippen LogP contribution in [0.4, 0.5) is 0 Å². The summed E-state index contributed by atoms with van der Waals surface area (Å²) in [5.41, 5.74) is 0.848. The first-order valence-electron chi connectivity index (χ1n) is 10.7. The normalized spacial score (nSPS) is 18.8. The van der Waals surface area contributed by atoms with Crippen LogP contribution >= 0.6 is 0 Å². The van der Waals surface area contributed by atoms with Gasteiger partial charge in [-0.15, -0.1) is 0 Å². The van der Waals surface area contributed by atoms with Crippen LogP contribution in [-0.4, -0.2) is 65.0 Å². The zero-order chi connectivity index (χ0) is 22.0. The van der Waals surface area contributed by atoms with E-state index in [0.29, 0.717) is 37.4 Å². The maximum absolute atomic E-state index is 13.1. The Hall–Kier alpha value is -2.94. The third-order valence-corrected chi connectivity index (χ3v) is 5.94. The minimum atomic E-state index is -0.431. The van der Waals surface area contributed by atoms with E-state index in [1.807, 2.05) is 9.47 Å². The highest BCUT2D eigenvalue weighted by Gasteiger charge is 2.35. The molecule has 1 aromatic heterocycles. The number of hydrogen-bond acceptors (Lipinski definition) is 6. The van der Waals surface area contributed by atoms with Crippen LogP contribution in [0.1, 0.15) is 64.2 Å². The largest absolute Gasteiger partial charge is 0.465 e. The number of amides is 1. The van der Waals surface area contributed by atoms with Crippen molar-refractivity contribution in [2.45, 2.75) is 44.2 Å². The van der Waals surface area contributed by atoms with Crippen molar-refractivity contribution in [3.05, 3.63) is 51.7 Å². The van der Waals surface area contributed by atoms with Crippen molar-refractivity contribution in [2.75, 3.05) is 33.9 Å². The van der Waals surface area contributed by atoms with Gasteiger partial charge < -0.3 is 14.4 Å². The second-order valence-electron chi connectivity index (χ2n) is 8.12. The Kier molecular flexibility index (Phi) is 6.22. The fraction of sp³-hybridized carbons (Fsp3) is 0.545. The number of likely N-dealkylation sites (tertiary alicyclic amines) is 1. The van der Waals surface area contributed by atoms with Gasteiger partial charge in [0.2, 0.25) is 0 Å². The number of carbonyl (C=O) groups excluding carboxylic acids is 2. The summed E-state index contributed by atoms with van der Waals surface area (Å²) >= 11 is 0. The van der Waals surface area contributed by atoms with Gasteiger partial charge in [0.15, 0.2) is 0 Å². The van der Waals surface area contributed by atoms with E-state index in [0.717, 1.165) is 31.5 Å². The molecule has 1 saturated heterocycles. The molecule has 1 aliphatic heterocycles. The standard InChI is InChI=1S/C22H28N4O5/c1-30-13-12-25-22(29)26(18-9-10-18)19(23-25)17-4-3-11-24(14-17)20(27)15-5-7-16(8-6-15)21(28)31-2/h5-8,17-18H,3-4,9-14H2,1-2H3. The molecule has 9 heteroatoms. The highest BCUT2D eigenvalue weighted by atomic mass is 16.5. The summed E-state index contributed by atoms with van der Waals surface area (Å²) in [6.07, 6.45) is 3.72. The molecule has 4 rings (SSSR count). The number of piperidine rings is 1. The van der Waals surface area contributed by atoms with Crippen molar-refractivity contribution < 1.29 is 19.1 Å². The summed E-state index contributed by atoms with van der Waals surface area (Å²) in [6.45, 7) is 2.03. The van der Waals surface area contributed by atoms with Crippen molar-refractivity contribution in [1.82, 2.24) is 19.2 Å². The second kappa shape index (κ2) is 9.05. The summed E-state index contributed by atoms with van der Waals surface area (Å²) in [4.78, 5) is 39.4. The van der Waals surface area contributed by atoms with Crippen LogP contribution in [0.3, 0.4) is 0 Å². The van der Waals surface area contributed by atoms with Gasteiger partial charge in [-0.05, 0) is 49.9 Å². The van der Waals surface area contributed by atoms with Crippen molar-refractivity contribution in [2.24, 2.45) is 0 Å². The Balaban J connectivity index is 1.53. The van der Waals surface area contributed by atoms with Gasteiger partial charge in [-0.25, -0.2) is 14.3 Å². The number of rotatable bonds is 7. The van der Waals surface area contributed by atoms with Gasteiger partial charge in [0.25, 0.3) is 5.91 Å². The molecule has 0 spiro atoms. The van der Waals surface area contributed by atoms with E-state index in [1.165, 1.54) is 11.8 Å². The van der Waals surface area contributed by atoms with Gasteiger partial charge >= 0.3 is 11.7 Å². The smallest absolute Gasteiger partial charge is 0.346 e. The molecule has 1 unspecified atom stereocenters. The third kappa shape index (κ3) is 4.41. The molecule has 1 aliphatic carbocycles. The molecule has 1 aromatic carbocycles. The number of carbonyl (C=O) groups is 2. The van der Waals surface area contributed by atoms with Crippen molar-refractivity contribution >= 4 is 11.9 Å². The average molecular weight is 428 g/mol. The summed E-state index contributed by atoms with van der Waals surface area (Å²) in [5.74, 6) is 0.283. The summed E-state index contributed by atoms with van der Waals surface area (Å²) in [6, 6.07) is 6.72. The third-order valence-electron chi connectivity index (χ3n) is 5.94. The van der Waals surface area contributed by atoms with Crippen LogP contribution in [0.5, 0.6) is 0 Å². The van der Waals surface area contributed by atoms with Crippen molar-refractivity contribution in [3.63, 3.8) is 0 Å². The number of ether oxygens (including phenoxy) is 2.